The summed E-state index contributed by atoms with van der Waals surface area (Å²) in [4.78, 5) is 26.1. The van der Waals surface area contributed by atoms with Gasteiger partial charge in [-0.25, -0.2) is 0 Å². The van der Waals surface area contributed by atoms with Crippen LogP contribution in [0.2, 0.25) is 0 Å². The van der Waals surface area contributed by atoms with Crippen LogP contribution in [0.1, 0.15) is 51.1 Å². The lowest BCUT2D eigenvalue weighted by Gasteiger charge is -2.20. The Kier molecular flexibility index (Phi) is 8.11. The summed E-state index contributed by atoms with van der Waals surface area (Å²) in [6.07, 6.45) is 2.64. The molecule has 0 fully saturated rings. The van der Waals surface area contributed by atoms with E-state index in [4.69, 9.17) is 0 Å². The molecule has 0 aliphatic heterocycles. The standard InChI is InChI=1S/C20H30N4O2/c1-7-9-24-15(5)10-17(16(24)6)11-18(12-21)20(26)23(8-2)13-19(25)22-14(3)4/h10-11,14H,7-9,13H2,1-6H3,(H,22,25). The van der Waals surface area contributed by atoms with E-state index in [1.807, 2.05) is 39.8 Å². The smallest absolute Gasteiger partial charge is 0.264 e. The van der Waals surface area contributed by atoms with Gasteiger partial charge in [-0.3, -0.25) is 9.59 Å². The van der Waals surface area contributed by atoms with Gasteiger partial charge < -0.3 is 14.8 Å². The summed E-state index contributed by atoms with van der Waals surface area (Å²) >= 11 is 0. The molecule has 6 nitrogen and oxygen atoms in total. The van der Waals surface area contributed by atoms with E-state index >= 15 is 0 Å². The Morgan fingerprint density at radius 2 is 2.00 bits per heavy atom. The van der Waals surface area contributed by atoms with Crippen LogP contribution in [0.5, 0.6) is 0 Å². The van der Waals surface area contributed by atoms with Gasteiger partial charge >= 0.3 is 0 Å². The maximum absolute atomic E-state index is 12.7. The van der Waals surface area contributed by atoms with E-state index in [9.17, 15) is 14.9 Å². The molecule has 0 spiro atoms. The Morgan fingerprint density at radius 1 is 1.35 bits per heavy atom. The summed E-state index contributed by atoms with van der Waals surface area (Å²) in [5.74, 6) is -0.650. The molecule has 0 unspecified atom stereocenters. The van der Waals surface area contributed by atoms with E-state index in [1.54, 1.807) is 13.0 Å². The van der Waals surface area contributed by atoms with Crippen LogP contribution in [0.25, 0.3) is 6.08 Å². The zero-order valence-electron chi connectivity index (χ0n) is 16.7. The maximum Gasteiger partial charge on any atom is 0.264 e. The first-order valence-corrected chi connectivity index (χ1v) is 9.12. The minimum absolute atomic E-state index is 0.00578. The molecule has 1 N–H and O–H groups in total. The maximum atomic E-state index is 12.7. The monoisotopic (exact) mass is 358 g/mol. The fourth-order valence-electron chi connectivity index (χ4n) is 2.88. The molecular weight excluding hydrogens is 328 g/mol. The predicted molar refractivity (Wildman–Crippen MR) is 103 cm³/mol. The molecule has 0 atom stereocenters. The van der Waals surface area contributed by atoms with Crippen molar-refractivity contribution < 1.29 is 9.59 Å². The molecule has 1 aromatic heterocycles. The van der Waals surface area contributed by atoms with Gasteiger partial charge in [0.25, 0.3) is 5.91 Å². The molecule has 1 rings (SSSR count). The molecule has 1 heterocycles. The highest BCUT2D eigenvalue weighted by Gasteiger charge is 2.20. The van der Waals surface area contributed by atoms with Crippen LogP contribution in [0.4, 0.5) is 0 Å². The van der Waals surface area contributed by atoms with Crippen molar-refractivity contribution in [3.05, 3.63) is 28.6 Å². The van der Waals surface area contributed by atoms with Crippen molar-refractivity contribution in [3.8, 4) is 6.07 Å². The van der Waals surface area contributed by atoms with Gasteiger partial charge in [0.1, 0.15) is 11.6 Å². The molecule has 142 valence electrons. The van der Waals surface area contributed by atoms with Crippen LogP contribution in [0, 0.1) is 25.2 Å². The number of nitrogens with zero attached hydrogens (tertiary/aromatic N) is 3. The number of nitrogens with one attached hydrogen (secondary N) is 1. The third-order valence-electron chi connectivity index (χ3n) is 4.16. The summed E-state index contributed by atoms with van der Waals surface area (Å²) in [5, 5.41) is 12.2. The Balaban J connectivity index is 3.07. The second-order valence-electron chi connectivity index (χ2n) is 6.69. The Labute approximate surface area is 156 Å². The van der Waals surface area contributed by atoms with E-state index < -0.39 is 5.91 Å². The molecule has 0 saturated heterocycles. The first kappa shape index (κ1) is 21.5. The highest BCUT2D eigenvalue weighted by Crippen LogP contribution is 2.19. The van der Waals surface area contributed by atoms with Gasteiger partial charge in [0.15, 0.2) is 0 Å². The topological polar surface area (TPSA) is 78.1 Å². The lowest BCUT2D eigenvalue weighted by molar-refractivity contribution is -0.132. The number of rotatable bonds is 8. The first-order chi connectivity index (χ1) is 12.2. The van der Waals surface area contributed by atoms with Crippen LogP contribution in [-0.4, -0.2) is 40.4 Å². The molecule has 26 heavy (non-hydrogen) atoms. The average molecular weight is 358 g/mol. The van der Waals surface area contributed by atoms with Gasteiger partial charge in [0.2, 0.25) is 5.91 Å². The van der Waals surface area contributed by atoms with Crippen molar-refractivity contribution in [1.29, 1.82) is 5.26 Å². The molecule has 0 aromatic carbocycles. The lowest BCUT2D eigenvalue weighted by atomic mass is 10.1. The first-order valence-electron chi connectivity index (χ1n) is 9.12. The van der Waals surface area contributed by atoms with Crippen LogP contribution in [-0.2, 0) is 16.1 Å². The molecule has 0 radical (unpaired) electrons. The number of amides is 2. The molecule has 6 heteroatoms. The SMILES string of the molecule is CCCn1c(C)cc(C=C(C#N)C(=O)N(CC)CC(=O)NC(C)C)c1C. The molecular formula is C20H30N4O2. The van der Waals surface area contributed by atoms with E-state index in [-0.39, 0.29) is 24.1 Å². The summed E-state index contributed by atoms with van der Waals surface area (Å²) in [6, 6.07) is 3.99. The van der Waals surface area contributed by atoms with Crippen molar-refractivity contribution in [3.63, 3.8) is 0 Å². The van der Waals surface area contributed by atoms with Crippen molar-refractivity contribution in [2.75, 3.05) is 13.1 Å². The van der Waals surface area contributed by atoms with Crippen LogP contribution in [0.3, 0.4) is 0 Å². The Morgan fingerprint density at radius 3 is 2.50 bits per heavy atom. The predicted octanol–water partition coefficient (Wildman–Crippen LogP) is 2.80. The van der Waals surface area contributed by atoms with E-state index in [0.717, 1.165) is 29.9 Å². The van der Waals surface area contributed by atoms with Gasteiger partial charge in [-0.1, -0.05) is 6.92 Å². The van der Waals surface area contributed by atoms with Crippen molar-refractivity contribution in [2.45, 2.75) is 60.5 Å². The summed E-state index contributed by atoms with van der Waals surface area (Å²) in [7, 11) is 0. The number of hydrogen-bond donors (Lipinski definition) is 1. The highest BCUT2D eigenvalue weighted by molar-refractivity contribution is 6.03. The van der Waals surface area contributed by atoms with Gasteiger partial charge in [0.05, 0.1) is 6.54 Å². The molecule has 0 aliphatic carbocycles. The number of aryl methyl sites for hydroxylation is 1. The lowest BCUT2D eigenvalue weighted by Crippen LogP contribution is -2.43. The van der Waals surface area contributed by atoms with Crippen LogP contribution < -0.4 is 5.32 Å². The zero-order valence-corrected chi connectivity index (χ0v) is 16.7. The van der Waals surface area contributed by atoms with E-state index in [1.165, 1.54) is 4.90 Å². The second kappa shape index (κ2) is 9.81. The summed E-state index contributed by atoms with van der Waals surface area (Å²) in [5.41, 5.74) is 3.04. The van der Waals surface area contributed by atoms with Gasteiger partial charge in [-0.2, -0.15) is 5.26 Å². The minimum atomic E-state index is -0.422. The van der Waals surface area contributed by atoms with Crippen molar-refractivity contribution >= 4 is 17.9 Å². The Hall–Kier alpha value is -2.55. The quantitative estimate of drug-likeness (QED) is 0.573. The molecule has 1 aromatic rings. The van der Waals surface area contributed by atoms with E-state index in [0.29, 0.717) is 6.54 Å². The Bertz CT molecular complexity index is 723. The number of carbonyl (C=O) groups excluding carboxylic acids is 2. The number of hydrogen-bond acceptors (Lipinski definition) is 3. The minimum Gasteiger partial charge on any atom is -0.352 e. The normalized spacial score (nSPS) is 11.4. The van der Waals surface area contributed by atoms with Gasteiger partial charge in [0, 0.05) is 30.5 Å². The third kappa shape index (κ3) is 5.48. The molecule has 0 saturated carbocycles. The van der Waals surface area contributed by atoms with Crippen LogP contribution >= 0.6 is 0 Å². The fraction of sp³-hybridized carbons (Fsp3) is 0.550. The zero-order chi connectivity index (χ0) is 19.9. The molecule has 2 amide bonds. The van der Waals surface area contributed by atoms with Crippen molar-refractivity contribution in [2.24, 2.45) is 0 Å². The fourth-order valence-corrected chi connectivity index (χ4v) is 2.88. The second-order valence-corrected chi connectivity index (χ2v) is 6.69. The number of nitriles is 1. The summed E-state index contributed by atoms with van der Waals surface area (Å²) in [6.45, 7) is 12.8. The highest BCUT2D eigenvalue weighted by atomic mass is 16.2. The van der Waals surface area contributed by atoms with Crippen LogP contribution in [0.15, 0.2) is 11.6 Å². The summed E-state index contributed by atoms with van der Waals surface area (Å²) < 4.78 is 2.18. The van der Waals surface area contributed by atoms with E-state index in [2.05, 4.69) is 16.8 Å². The number of carbonyl (C=O) groups is 2. The molecule has 0 bridgehead atoms. The van der Waals surface area contributed by atoms with Gasteiger partial charge in [-0.05, 0) is 58.7 Å². The number of aromatic nitrogens is 1. The largest absolute Gasteiger partial charge is 0.352 e. The average Bonchev–Trinajstić information content (AvgIpc) is 2.84. The third-order valence-corrected chi connectivity index (χ3v) is 4.16. The van der Waals surface area contributed by atoms with Crippen molar-refractivity contribution in [1.82, 2.24) is 14.8 Å². The van der Waals surface area contributed by atoms with Gasteiger partial charge in [-0.15, -0.1) is 0 Å². The number of likely N-dealkylation sites (N-methyl/N-ethyl adjacent to an activating group) is 1. The molecule has 0 aliphatic rings.